The van der Waals surface area contributed by atoms with E-state index in [1.807, 2.05) is 6.92 Å². The molecule has 1 aliphatic heterocycles. The average molecular weight is 256 g/mol. The van der Waals surface area contributed by atoms with Crippen LogP contribution < -0.4 is 16.4 Å². The van der Waals surface area contributed by atoms with Crippen LogP contribution in [-0.4, -0.2) is 55.1 Å². The summed E-state index contributed by atoms with van der Waals surface area (Å²) in [5, 5.41) is 6.40. The van der Waals surface area contributed by atoms with Gasteiger partial charge in [0.2, 0.25) is 5.91 Å². The summed E-state index contributed by atoms with van der Waals surface area (Å²) in [6, 6.07) is 0.421. The molecule has 0 aromatic heterocycles. The third-order valence-electron chi connectivity index (χ3n) is 3.66. The van der Waals surface area contributed by atoms with E-state index in [0.29, 0.717) is 6.54 Å². The molecule has 0 aromatic rings. The number of carbonyl (C=O) groups is 1. The number of nitrogens with one attached hydrogen (secondary N) is 2. The van der Waals surface area contributed by atoms with Gasteiger partial charge in [-0.15, -0.1) is 0 Å². The van der Waals surface area contributed by atoms with Crippen molar-refractivity contribution in [3.05, 3.63) is 0 Å². The van der Waals surface area contributed by atoms with Gasteiger partial charge in [0, 0.05) is 38.3 Å². The monoisotopic (exact) mass is 256 g/mol. The molecule has 0 aromatic carbocycles. The van der Waals surface area contributed by atoms with Crippen LogP contribution in [0.5, 0.6) is 0 Å². The largest absolute Gasteiger partial charge is 0.352 e. The summed E-state index contributed by atoms with van der Waals surface area (Å²) in [4.78, 5) is 14.4. The van der Waals surface area contributed by atoms with Crippen LogP contribution in [0.15, 0.2) is 0 Å². The summed E-state index contributed by atoms with van der Waals surface area (Å²) in [5.74, 6) is 0.122. The van der Waals surface area contributed by atoms with Gasteiger partial charge in [-0.05, 0) is 20.3 Å². The quantitative estimate of drug-likeness (QED) is 0.621. The highest BCUT2D eigenvalue weighted by Gasteiger charge is 2.29. The summed E-state index contributed by atoms with van der Waals surface area (Å²) in [6.07, 6.45) is 2.12. The predicted octanol–water partition coefficient (Wildman–Crippen LogP) is -0.0878. The summed E-state index contributed by atoms with van der Waals surface area (Å²) in [5.41, 5.74) is 5.77. The highest BCUT2D eigenvalue weighted by Crippen LogP contribution is 2.08. The van der Waals surface area contributed by atoms with Crippen LogP contribution in [0.4, 0.5) is 0 Å². The molecule has 0 saturated carbocycles. The Hall–Kier alpha value is -0.650. The number of carbonyl (C=O) groups excluding carboxylic acids is 1. The molecule has 0 spiro atoms. The Labute approximate surface area is 110 Å². The second-order valence-corrected chi connectivity index (χ2v) is 5.21. The van der Waals surface area contributed by atoms with E-state index in [4.69, 9.17) is 5.73 Å². The minimum absolute atomic E-state index is 0.0973. The number of amides is 1. The van der Waals surface area contributed by atoms with Gasteiger partial charge in [-0.3, -0.25) is 9.69 Å². The lowest BCUT2D eigenvalue weighted by atomic mass is 10.1. The van der Waals surface area contributed by atoms with Gasteiger partial charge in [-0.2, -0.15) is 0 Å². The third-order valence-corrected chi connectivity index (χ3v) is 3.66. The van der Waals surface area contributed by atoms with E-state index in [2.05, 4.69) is 29.4 Å². The van der Waals surface area contributed by atoms with E-state index in [1.54, 1.807) is 0 Å². The molecule has 0 bridgehead atoms. The van der Waals surface area contributed by atoms with Crippen LogP contribution in [0.25, 0.3) is 0 Å². The van der Waals surface area contributed by atoms with Crippen molar-refractivity contribution in [2.45, 2.75) is 51.7 Å². The SMILES string of the molecule is CCCC(C)NC(=O)C(C)N1CCNCC1CN. The number of nitrogens with zero attached hydrogens (tertiary/aromatic N) is 1. The Morgan fingerprint density at radius 2 is 2.28 bits per heavy atom. The van der Waals surface area contributed by atoms with E-state index in [-0.39, 0.29) is 24.0 Å². The molecule has 1 rings (SSSR count). The van der Waals surface area contributed by atoms with E-state index in [1.165, 1.54) is 0 Å². The number of hydrogen-bond donors (Lipinski definition) is 3. The van der Waals surface area contributed by atoms with Gasteiger partial charge in [0.1, 0.15) is 0 Å². The third kappa shape index (κ3) is 4.23. The fourth-order valence-corrected chi connectivity index (χ4v) is 2.52. The lowest BCUT2D eigenvalue weighted by Gasteiger charge is -2.39. The molecule has 106 valence electrons. The fourth-order valence-electron chi connectivity index (χ4n) is 2.52. The highest BCUT2D eigenvalue weighted by atomic mass is 16.2. The topological polar surface area (TPSA) is 70.4 Å². The molecule has 1 aliphatic rings. The van der Waals surface area contributed by atoms with E-state index in [0.717, 1.165) is 32.5 Å². The Kier molecular flexibility index (Phi) is 6.60. The first-order valence-electron chi connectivity index (χ1n) is 7.07. The zero-order chi connectivity index (χ0) is 13.5. The fraction of sp³-hybridized carbons (Fsp3) is 0.923. The molecule has 4 N–H and O–H groups in total. The highest BCUT2D eigenvalue weighted by molar-refractivity contribution is 5.81. The van der Waals surface area contributed by atoms with Crippen LogP contribution >= 0.6 is 0 Å². The van der Waals surface area contributed by atoms with Crippen molar-refractivity contribution in [1.29, 1.82) is 0 Å². The Bertz CT molecular complexity index is 259. The van der Waals surface area contributed by atoms with Gasteiger partial charge in [0.25, 0.3) is 0 Å². The molecule has 3 atom stereocenters. The van der Waals surface area contributed by atoms with E-state index < -0.39 is 0 Å². The van der Waals surface area contributed by atoms with Gasteiger partial charge < -0.3 is 16.4 Å². The summed E-state index contributed by atoms with van der Waals surface area (Å²) in [7, 11) is 0. The van der Waals surface area contributed by atoms with Crippen molar-refractivity contribution >= 4 is 5.91 Å². The van der Waals surface area contributed by atoms with Crippen molar-refractivity contribution in [2.75, 3.05) is 26.2 Å². The zero-order valence-corrected chi connectivity index (χ0v) is 11.9. The maximum Gasteiger partial charge on any atom is 0.237 e. The zero-order valence-electron chi connectivity index (χ0n) is 11.9. The molecule has 5 heteroatoms. The Morgan fingerprint density at radius 3 is 2.89 bits per heavy atom. The van der Waals surface area contributed by atoms with Gasteiger partial charge in [-0.1, -0.05) is 13.3 Å². The summed E-state index contributed by atoms with van der Waals surface area (Å²) < 4.78 is 0. The minimum atomic E-state index is -0.0973. The van der Waals surface area contributed by atoms with Crippen LogP contribution in [0.3, 0.4) is 0 Å². The van der Waals surface area contributed by atoms with Crippen LogP contribution in [-0.2, 0) is 4.79 Å². The number of hydrogen-bond acceptors (Lipinski definition) is 4. The average Bonchev–Trinajstić information content (AvgIpc) is 2.38. The second kappa shape index (κ2) is 7.71. The van der Waals surface area contributed by atoms with Crippen molar-refractivity contribution in [3.8, 4) is 0 Å². The van der Waals surface area contributed by atoms with Crippen molar-refractivity contribution in [1.82, 2.24) is 15.5 Å². The predicted molar refractivity (Wildman–Crippen MR) is 74.4 cm³/mol. The number of rotatable bonds is 6. The molecule has 1 amide bonds. The molecular formula is C13H28N4O. The van der Waals surface area contributed by atoms with Gasteiger partial charge in [-0.25, -0.2) is 0 Å². The first kappa shape index (κ1) is 15.4. The first-order chi connectivity index (χ1) is 8.60. The molecule has 3 unspecified atom stereocenters. The Morgan fingerprint density at radius 1 is 1.56 bits per heavy atom. The normalized spacial score (nSPS) is 24.6. The molecule has 5 nitrogen and oxygen atoms in total. The maximum absolute atomic E-state index is 12.2. The molecule has 0 radical (unpaired) electrons. The van der Waals surface area contributed by atoms with Crippen molar-refractivity contribution < 1.29 is 4.79 Å². The van der Waals surface area contributed by atoms with Crippen molar-refractivity contribution in [2.24, 2.45) is 5.73 Å². The van der Waals surface area contributed by atoms with Gasteiger partial charge in [0.05, 0.1) is 6.04 Å². The summed E-state index contributed by atoms with van der Waals surface area (Å²) in [6.45, 7) is 9.45. The van der Waals surface area contributed by atoms with Crippen LogP contribution in [0.1, 0.15) is 33.6 Å². The van der Waals surface area contributed by atoms with E-state index in [9.17, 15) is 4.79 Å². The lowest BCUT2D eigenvalue weighted by molar-refractivity contribution is -0.127. The number of nitrogens with two attached hydrogens (primary N) is 1. The number of piperazine rings is 1. The van der Waals surface area contributed by atoms with Gasteiger partial charge >= 0.3 is 0 Å². The van der Waals surface area contributed by atoms with Gasteiger partial charge in [0.15, 0.2) is 0 Å². The Balaban J connectivity index is 2.50. The molecule has 18 heavy (non-hydrogen) atoms. The standard InChI is InChI=1S/C13H28N4O/c1-4-5-10(2)16-13(18)11(3)17-7-6-15-9-12(17)8-14/h10-12,15H,4-9,14H2,1-3H3,(H,16,18). The molecule has 1 heterocycles. The minimum Gasteiger partial charge on any atom is -0.352 e. The van der Waals surface area contributed by atoms with Crippen LogP contribution in [0.2, 0.25) is 0 Å². The van der Waals surface area contributed by atoms with Crippen molar-refractivity contribution in [3.63, 3.8) is 0 Å². The summed E-state index contributed by atoms with van der Waals surface area (Å²) >= 11 is 0. The first-order valence-corrected chi connectivity index (χ1v) is 7.07. The second-order valence-electron chi connectivity index (χ2n) is 5.21. The van der Waals surface area contributed by atoms with E-state index >= 15 is 0 Å². The maximum atomic E-state index is 12.2. The smallest absolute Gasteiger partial charge is 0.237 e. The van der Waals surface area contributed by atoms with Crippen LogP contribution in [0, 0.1) is 0 Å². The molecule has 1 saturated heterocycles. The molecule has 0 aliphatic carbocycles. The molecule has 1 fully saturated rings. The lowest BCUT2D eigenvalue weighted by Crippen LogP contribution is -2.60. The molecular weight excluding hydrogens is 228 g/mol.